The summed E-state index contributed by atoms with van der Waals surface area (Å²) in [5.74, 6) is -0.404. The topological polar surface area (TPSA) is 81.8 Å². The molecular formula is C16H14N2O4S. The number of aryl methyl sites for hydroxylation is 1. The summed E-state index contributed by atoms with van der Waals surface area (Å²) < 4.78 is 4.86. The Morgan fingerprint density at radius 2 is 2.17 bits per heavy atom. The first-order valence-corrected chi connectivity index (χ1v) is 7.93. The van der Waals surface area contributed by atoms with Crippen molar-refractivity contribution in [3.05, 3.63) is 55.9 Å². The van der Waals surface area contributed by atoms with Crippen LogP contribution in [0, 0.1) is 10.1 Å². The average molecular weight is 330 g/mol. The minimum Gasteiger partial charge on any atom is -0.465 e. The number of carbonyl (C=O) groups is 1. The minimum atomic E-state index is -0.447. The first kappa shape index (κ1) is 15.4. The number of esters is 1. The van der Waals surface area contributed by atoms with Crippen LogP contribution in [0.3, 0.4) is 0 Å². The second kappa shape index (κ2) is 6.29. The molecule has 23 heavy (non-hydrogen) atoms. The second-order valence-corrected chi connectivity index (χ2v) is 6.19. The summed E-state index contributed by atoms with van der Waals surface area (Å²) in [6.07, 6.45) is 4.24. The largest absolute Gasteiger partial charge is 0.465 e. The first-order chi connectivity index (χ1) is 11.1. The fraction of sp³-hybridized carbons (Fsp3) is 0.250. The van der Waals surface area contributed by atoms with Gasteiger partial charge in [-0.15, -0.1) is 11.3 Å². The molecule has 7 heteroatoms. The summed E-state index contributed by atoms with van der Waals surface area (Å²) >= 11 is 1.46. The van der Waals surface area contributed by atoms with Crippen LogP contribution in [0.15, 0.2) is 29.3 Å². The zero-order valence-electron chi connectivity index (χ0n) is 12.4. The highest BCUT2D eigenvalue weighted by molar-refractivity contribution is 7.16. The highest BCUT2D eigenvalue weighted by Gasteiger charge is 2.27. The van der Waals surface area contributed by atoms with Crippen molar-refractivity contribution in [2.45, 2.75) is 19.3 Å². The summed E-state index contributed by atoms with van der Waals surface area (Å²) in [4.78, 5) is 28.1. The van der Waals surface area contributed by atoms with Gasteiger partial charge in [0.1, 0.15) is 5.00 Å². The Morgan fingerprint density at radius 3 is 2.91 bits per heavy atom. The van der Waals surface area contributed by atoms with E-state index in [1.165, 1.54) is 30.7 Å². The average Bonchev–Trinajstić information content (AvgIpc) is 3.12. The molecule has 0 saturated heterocycles. The van der Waals surface area contributed by atoms with Crippen LogP contribution in [0.1, 0.15) is 32.8 Å². The van der Waals surface area contributed by atoms with Crippen LogP contribution < -0.4 is 0 Å². The number of ether oxygens (including phenoxy) is 1. The number of nitrogens with zero attached hydrogens (tertiary/aromatic N) is 2. The zero-order valence-corrected chi connectivity index (χ0v) is 13.3. The smallest absolute Gasteiger partial charge is 0.341 e. The molecule has 1 aromatic carbocycles. The predicted molar refractivity (Wildman–Crippen MR) is 88.0 cm³/mol. The molecule has 0 fully saturated rings. The molecule has 3 rings (SSSR count). The maximum atomic E-state index is 12.0. The third-order valence-electron chi connectivity index (χ3n) is 3.75. The Hall–Kier alpha value is -2.54. The fourth-order valence-corrected chi connectivity index (χ4v) is 3.91. The summed E-state index contributed by atoms with van der Waals surface area (Å²) in [7, 11) is 1.34. The van der Waals surface area contributed by atoms with Gasteiger partial charge in [-0.1, -0.05) is 12.1 Å². The van der Waals surface area contributed by atoms with E-state index in [4.69, 9.17) is 4.74 Å². The number of fused-ring (bicyclic) bond motifs is 1. The molecule has 0 saturated carbocycles. The van der Waals surface area contributed by atoms with Gasteiger partial charge in [-0.2, -0.15) is 0 Å². The molecule has 1 aliphatic carbocycles. The van der Waals surface area contributed by atoms with Crippen LogP contribution >= 0.6 is 11.3 Å². The molecule has 0 spiro atoms. The van der Waals surface area contributed by atoms with E-state index in [9.17, 15) is 14.9 Å². The number of aliphatic imine (C=N–C) groups is 1. The molecular weight excluding hydrogens is 316 g/mol. The molecule has 0 unspecified atom stereocenters. The third kappa shape index (κ3) is 2.87. The number of nitro groups is 1. The molecule has 0 amide bonds. The van der Waals surface area contributed by atoms with Crippen LogP contribution in [0.2, 0.25) is 0 Å². The maximum absolute atomic E-state index is 12.0. The van der Waals surface area contributed by atoms with Crippen molar-refractivity contribution in [3.63, 3.8) is 0 Å². The summed E-state index contributed by atoms with van der Waals surface area (Å²) in [5.41, 5.74) is 1.90. The second-order valence-electron chi connectivity index (χ2n) is 5.10. The highest BCUT2D eigenvalue weighted by Crippen LogP contribution is 2.41. The Bertz CT molecular complexity index is 810. The Kier molecular flexibility index (Phi) is 4.20. The van der Waals surface area contributed by atoms with Crippen LogP contribution in [0.5, 0.6) is 0 Å². The molecule has 0 radical (unpaired) electrons. The van der Waals surface area contributed by atoms with Gasteiger partial charge < -0.3 is 4.74 Å². The number of nitro benzene ring substituents is 1. The van der Waals surface area contributed by atoms with Crippen molar-refractivity contribution in [2.75, 3.05) is 7.11 Å². The number of rotatable bonds is 4. The van der Waals surface area contributed by atoms with E-state index in [-0.39, 0.29) is 5.69 Å². The molecule has 0 bridgehead atoms. The summed E-state index contributed by atoms with van der Waals surface area (Å²) in [6.45, 7) is 0. The normalized spacial score (nSPS) is 13.3. The van der Waals surface area contributed by atoms with Crippen molar-refractivity contribution in [3.8, 4) is 0 Å². The molecule has 0 aliphatic heterocycles. The Morgan fingerprint density at radius 1 is 1.39 bits per heavy atom. The van der Waals surface area contributed by atoms with Crippen LogP contribution in [0.4, 0.5) is 10.7 Å². The van der Waals surface area contributed by atoms with E-state index in [1.54, 1.807) is 18.2 Å². The number of methoxy groups -OCH3 is 1. The molecule has 1 aliphatic rings. The van der Waals surface area contributed by atoms with Crippen LogP contribution in [0.25, 0.3) is 0 Å². The lowest BCUT2D eigenvalue weighted by Gasteiger charge is -2.01. The van der Waals surface area contributed by atoms with Crippen molar-refractivity contribution < 1.29 is 14.5 Å². The first-order valence-electron chi connectivity index (χ1n) is 7.12. The SMILES string of the molecule is COC(=O)c1c(N=Cc2ccccc2[N+](=O)[O-])sc2c1CCC2. The van der Waals surface area contributed by atoms with Crippen LogP contribution in [-0.2, 0) is 17.6 Å². The molecule has 1 heterocycles. The summed E-state index contributed by atoms with van der Waals surface area (Å²) in [5, 5.41) is 11.6. The molecule has 0 atom stereocenters. The Balaban J connectivity index is 2.01. The number of thiophene rings is 1. The lowest BCUT2D eigenvalue weighted by molar-refractivity contribution is -0.385. The van der Waals surface area contributed by atoms with Gasteiger partial charge in [0, 0.05) is 17.2 Å². The molecule has 0 N–H and O–H groups in total. The van der Waals surface area contributed by atoms with E-state index >= 15 is 0 Å². The molecule has 6 nitrogen and oxygen atoms in total. The van der Waals surface area contributed by atoms with E-state index in [0.29, 0.717) is 16.1 Å². The van der Waals surface area contributed by atoms with Gasteiger partial charge in [-0.05, 0) is 30.9 Å². The van der Waals surface area contributed by atoms with Gasteiger partial charge in [0.15, 0.2) is 0 Å². The summed E-state index contributed by atoms with van der Waals surface area (Å²) in [6, 6.07) is 6.37. The van der Waals surface area contributed by atoms with E-state index < -0.39 is 10.9 Å². The van der Waals surface area contributed by atoms with E-state index in [2.05, 4.69) is 4.99 Å². The number of hydrogen-bond acceptors (Lipinski definition) is 6. The molecule has 2 aromatic rings. The van der Waals surface area contributed by atoms with Gasteiger partial charge >= 0.3 is 5.97 Å². The molecule has 118 valence electrons. The standard InChI is InChI=1S/C16H14N2O4S/c1-22-16(19)14-11-6-4-8-13(11)23-15(14)17-9-10-5-2-3-7-12(10)18(20)21/h2-3,5,7,9H,4,6,8H2,1H3. The van der Waals surface area contributed by atoms with E-state index in [1.807, 2.05) is 0 Å². The van der Waals surface area contributed by atoms with Gasteiger partial charge in [0.2, 0.25) is 0 Å². The quantitative estimate of drug-likeness (QED) is 0.370. The van der Waals surface area contributed by atoms with Crippen molar-refractivity contribution in [2.24, 2.45) is 4.99 Å². The van der Waals surface area contributed by atoms with E-state index in [0.717, 1.165) is 29.7 Å². The fourth-order valence-electron chi connectivity index (χ4n) is 2.68. The minimum absolute atomic E-state index is 0.0139. The van der Waals surface area contributed by atoms with Crippen LogP contribution in [-0.4, -0.2) is 24.2 Å². The number of para-hydroxylation sites is 1. The maximum Gasteiger partial charge on any atom is 0.341 e. The van der Waals surface area contributed by atoms with Gasteiger partial charge in [0.05, 0.1) is 23.2 Å². The number of carbonyl (C=O) groups excluding carboxylic acids is 1. The van der Waals surface area contributed by atoms with Crippen molar-refractivity contribution in [1.82, 2.24) is 0 Å². The zero-order chi connectivity index (χ0) is 16.4. The Labute approximate surface area is 136 Å². The monoisotopic (exact) mass is 330 g/mol. The lowest BCUT2D eigenvalue weighted by Crippen LogP contribution is -2.03. The van der Waals surface area contributed by atoms with Gasteiger partial charge in [-0.3, -0.25) is 10.1 Å². The van der Waals surface area contributed by atoms with Crippen molar-refractivity contribution in [1.29, 1.82) is 0 Å². The number of benzene rings is 1. The lowest BCUT2D eigenvalue weighted by atomic mass is 10.1. The molecule has 1 aromatic heterocycles. The predicted octanol–water partition coefficient (Wildman–Crippen LogP) is 3.68. The van der Waals surface area contributed by atoms with Gasteiger partial charge in [0.25, 0.3) is 5.69 Å². The van der Waals surface area contributed by atoms with Crippen molar-refractivity contribution >= 4 is 34.2 Å². The number of hydrogen-bond donors (Lipinski definition) is 0. The van der Waals surface area contributed by atoms with Gasteiger partial charge in [-0.25, -0.2) is 9.79 Å². The highest BCUT2D eigenvalue weighted by atomic mass is 32.1. The third-order valence-corrected chi connectivity index (χ3v) is 4.95.